The van der Waals surface area contributed by atoms with E-state index in [4.69, 9.17) is 11.6 Å². The van der Waals surface area contributed by atoms with E-state index in [1.54, 1.807) is 29.2 Å². The van der Waals surface area contributed by atoms with Gasteiger partial charge in [0.05, 0.1) is 4.90 Å². The summed E-state index contributed by atoms with van der Waals surface area (Å²) in [6, 6.07) is 11.9. The van der Waals surface area contributed by atoms with E-state index in [1.807, 2.05) is 12.1 Å². The van der Waals surface area contributed by atoms with Gasteiger partial charge in [0.15, 0.2) is 0 Å². The standard InChI is InChI=1S/C22H26ClN3O5S/c23-18-9-5-16(6-10-18)17-7-11-19(12-8-17)32(30,31)25-20(21(27)28)4-3-13-24-22(29)26-14-1-2-15-26/h5-12,20,25H,1-4,13-15H2,(H,24,29)(H,27,28). The summed E-state index contributed by atoms with van der Waals surface area (Å²) in [4.78, 5) is 25.2. The maximum absolute atomic E-state index is 12.7. The first kappa shape index (κ1) is 24.0. The summed E-state index contributed by atoms with van der Waals surface area (Å²) >= 11 is 5.89. The van der Waals surface area contributed by atoms with Gasteiger partial charge in [-0.2, -0.15) is 4.72 Å². The van der Waals surface area contributed by atoms with Gasteiger partial charge in [-0.15, -0.1) is 0 Å². The minimum absolute atomic E-state index is 0.0243. The Morgan fingerprint density at radius 3 is 2.12 bits per heavy atom. The van der Waals surface area contributed by atoms with Gasteiger partial charge in [-0.25, -0.2) is 13.2 Å². The lowest BCUT2D eigenvalue weighted by Gasteiger charge is -2.17. The van der Waals surface area contributed by atoms with Gasteiger partial charge in [-0.05, 0) is 61.1 Å². The molecule has 0 bridgehead atoms. The van der Waals surface area contributed by atoms with Crippen LogP contribution in [0.1, 0.15) is 25.7 Å². The molecular weight excluding hydrogens is 454 g/mol. The van der Waals surface area contributed by atoms with E-state index < -0.39 is 22.0 Å². The number of urea groups is 1. The molecule has 8 nitrogen and oxygen atoms in total. The zero-order valence-corrected chi connectivity index (χ0v) is 19.0. The van der Waals surface area contributed by atoms with Crippen LogP contribution in [0.3, 0.4) is 0 Å². The first-order chi connectivity index (χ1) is 15.3. The second-order valence-electron chi connectivity index (χ2n) is 7.61. The van der Waals surface area contributed by atoms with Gasteiger partial charge in [0.25, 0.3) is 0 Å². The van der Waals surface area contributed by atoms with Gasteiger partial charge in [0, 0.05) is 24.7 Å². The van der Waals surface area contributed by atoms with Crippen LogP contribution in [0.25, 0.3) is 11.1 Å². The van der Waals surface area contributed by atoms with E-state index in [9.17, 15) is 23.1 Å². The van der Waals surface area contributed by atoms with Gasteiger partial charge in [-0.3, -0.25) is 4.79 Å². The SMILES string of the molecule is O=C(O)C(CCCNC(=O)N1CCCC1)NS(=O)(=O)c1ccc(-c2ccc(Cl)cc2)cc1. The number of rotatable bonds is 9. The fraction of sp³-hybridized carbons (Fsp3) is 0.364. The molecule has 1 atom stereocenters. The summed E-state index contributed by atoms with van der Waals surface area (Å²) < 4.78 is 27.6. The molecule has 1 aliphatic rings. The summed E-state index contributed by atoms with van der Waals surface area (Å²) in [6.45, 7) is 1.72. The molecule has 10 heteroatoms. The Labute approximate surface area is 192 Å². The van der Waals surface area contributed by atoms with Crippen molar-refractivity contribution in [1.29, 1.82) is 0 Å². The fourth-order valence-corrected chi connectivity index (χ4v) is 4.84. The van der Waals surface area contributed by atoms with Crippen LogP contribution in [-0.2, 0) is 14.8 Å². The molecule has 0 aromatic heterocycles. The molecule has 0 spiro atoms. The van der Waals surface area contributed by atoms with E-state index in [0.717, 1.165) is 37.1 Å². The summed E-state index contributed by atoms with van der Waals surface area (Å²) in [5, 5.41) is 12.8. The van der Waals surface area contributed by atoms with E-state index >= 15 is 0 Å². The number of likely N-dealkylation sites (tertiary alicyclic amines) is 1. The topological polar surface area (TPSA) is 116 Å². The lowest BCUT2D eigenvalue weighted by molar-refractivity contribution is -0.139. The molecule has 32 heavy (non-hydrogen) atoms. The highest BCUT2D eigenvalue weighted by molar-refractivity contribution is 7.89. The van der Waals surface area contributed by atoms with Crippen LogP contribution in [0, 0.1) is 0 Å². The van der Waals surface area contributed by atoms with E-state index in [0.29, 0.717) is 11.4 Å². The number of sulfonamides is 1. The van der Waals surface area contributed by atoms with Gasteiger partial charge in [-0.1, -0.05) is 35.9 Å². The minimum Gasteiger partial charge on any atom is -0.480 e. The van der Waals surface area contributed by atoms with Crippen molar-refractivity contribution in [3.63, 3.8) is 0 Å². The molecule has 0 aliphatic carbocycles. The van der Waals surface area contributed by atoms with Crippen LogP contribution < -0.4 is 10.0 Å². The van der Waals surface area contributed by atoms with Crippen molar-refractivity contribution in [3.05, 3.63) is 53.6 Å². The largest absolute Gasteiger partial charge is 0.480 e. The number of nitrogens with zero attached hydrogens (tertiary/aromatic N) is 1. The molecule has 1 unspecified atom stereocenters. The Balaban J connectivity index is 1.56. The van der Waals surface area contributed by atoms with E-state index in [2.05, 4.69) is 10.0 Å². The van der Waals surface area contributed by atoms with Crippen LogP contribution in [0.15, 0.2) is 53.4 Å². The molecule has 0 saturated carbocycles. The molecule has 1 fully saturated rings. The van der Waals surface area contributed by atoms with Crippen molar-refractivity contribution < 1.29 is 23.1 Å². The third-order valence-corrected chi connectivity index (χ3v) is 7.02. The number of carbonyl (C=O) groups excluding carboxylic acids is 1. The zero-order valence-electron chi connectivity index (χ0n) is 17.5. The predicted molar refractivity (Wildman–Crippen MR) is 122 cm³/mol. The van der Waals surface area contributed by atoms with Crippen molar-refractivity contribution >= 4 is 33.6 Å². The number of nitrogens with one attached hydrogen (secondary N) is 2. The molecular formula is C22H26ClN3O5S. The Hall–Kier alpha value is -2.62. The van der Waals surface area contributed by atoms with Crippen LogP contribution in [-0.4, -0.2) is 56.1 Å². The third kappa shape index (κ3) is 6.44. The average Bonchev–Trinajstić information content (AvgIpc) is 3.31. The van der Waals surface area contributed by atoms with Gasteiger partial charge >= 0.3 is 12.0 Å². The molecule has 3 N–H and O–H groups in total. The smallest absolute Gasteiger partial charge is 0.321 e. The lowest BCUT2D eigenvalue weighted by Crippen LogP contribution is -2.42. The first-order valence-electron chi connectivity index (χ1n) is 10.4. The molecule has 2 amide bonds. The van der Waals surface area contributed by atoms with Gasteiger partial charge in [0.2, 0.25) is 10.0 Å². The van der Waals surface area contributed by atoms with Crippen LogP contribution >= 0.6 is 11.6 Å². The quantitative estimate of drug-likeness (QED) is 0.477. The zero-order chi connectivity index (χ0) is 23.1. The first-order valence-corrected chi connectivity index (χ1v) is 12.3. The van der Waals surface area contributed by atoms with Crippen molar-refractivity contribution in [2.24, 2.45) is 0 Å². The normalized spacial score (nSPS) is 14.8. The highest BCUT2D eigenvalue weighted by atomic mass is 35.5. The summed E-state index contributed by atoms with van der Waals surface area (Å²) in [5.41, 5.74) is 1.69. The third-order valence-electron chi connectivity index (χ3n) is 5.28. The van der Waals surface area contributed by atoms with Crippen molar-refractivity contribution in [1.82, 2.24) is 14.9 Å². The van der Waals surface area contributed by atoms with Crippen molar-refractivity contribution in [2.75, 3.05) is 19.6 Å². The summed E-state index contributed by atoms with van der Waals surface area (Å²) in [5.74, 6) is -1.27. The second-order valence-corrected chi connectivity index (χ2v) is 9.76. The number of hydrogen-bond acceptors (Lipinski definition) is 4. The number of benzene rings is 2. The Morgan fingerprint density at radius 2 is 1.56 bits per heavy atom. The molecule has 1 aliphatic heterocycles. The van der Waals surface area contributed by atoms with Crippen molar-refractivity contribution in [3.8, 4) is 11.1 Å². The molecule has 2 aromatic carbocycles. The average molecular weight is 480 g/mol. The molecule has 1 heterocycles. The Bertz CT molecular complexity index is 1040. The maximum Gasteiger partial charge on any atom is 0.321 e. The minimum atomic E-state index is -4.02. The number of carboxylic acids is 1. The number of carbonyl (C=O) groups is 2. The van der Waals surface area contributed by atoms with Crippen LogP contribution in [0.4, 0.5) is 4.79 Å². The summed E-state index contributed by atoms with van der Waals surface area (Å²) in [6.07, 6.45) is 2.35. The van der Waals surface area contributed by atoms with Crippen LogP contribution in [0.2, 0.25) is 5.02 Å². The van der Waals surface area contributed by atoms with E-state index in [-0.39, 0.29) is 23.9 Å². The number of carboxylic acid groups (broad SMARTS) is 1. The summed E-state index contributed by atoms with van der Waals surface area (Å²) in [7, 11) is -4.02. The highest BCUT2D eigenvalue weighted by Crippen LogP contribution is 2.23. The molecule has 1 saturated heterocycles. The van der Waals surface area contributed by atoms with Crippen molar-refractivity contribution in [2.45, 2.75) is 36.6 Å². The van der Waals surface area contributed by atoms with Crippen LogP contribution in [0.5, 0.6) is 0 Å². The van der Waals surface area contributed by atoms with E-state index in [1.165, 1.54) is 12.1 Å². The molecule has 2 aromatic rings. The number of amides is 2. The predicted octanol–water partition coefficient (Wildman–Crippen LogP) is 3.32. The van der Waals surface area contributed by atoms with Gasteiger partial charge in [0.1, 0.15) is 6.04 Å². The monoisotopic (exact) mass is 479 g/mol. The molecule has 3 rings (SSSR count). The number of aliphatic carboxylic acids is 1. The molecule has 172 valence electrons. The second kappa shape index (κ2) is 10.8. The Kier molecular flexibility index (Phi) is 8.11. The van der Waals surface area contributed by atoms with Gasteiger partial charge < -0.3 is 15.3 Å². The highest BCUT2D eigenvalue weighted by Gasteiger charge is 2.25. The Morgan fingerprint density at radius 1 is 1.00 bits per heavy atom. The molecule has 0 radical (unpaired) electrons. The number of halogens is 1. The maximum atomic E-state index is 12.7. The number of hydrogen-bond donors (Lipinski definition) is 3. The fourth-order valence-electron chi connectivity index (χ4n) is 3.49. The lowest BCUT2D eigenvalue weighted by atomic mass is 10.1.